The van der Waals surface area contributed by atoms with Crippen LogP contribution in [0.2, 0.25) is 0 Å². The molecule has 3 N–H and O–H groups in total. The number of sulfone groups is 1. The largest absolute Gasteiger partial charge is 0.327 e. The van der Waals surface area contributed by atoms with Gasteiger partial charge < -0.3 is 11.1 Å². The molecular weight excluding hydrogens is 361 g/mol. The maximum atomic E-state index is 12.4. The maximum Gasteiger partial charge on any atom is 0.229 e. The highest BCUT2D eigenvalue weighted by Crippen LogP contribution is 2.47. The number of aromatic nitrogens is 1. The second-order valence-electron chi connectivity index (χ2n) is 6.08. The Bertz CT molecular complexity index is 664. The number of rotatable bonds is 3. The molecule has 0 radical (unpaired) electrons. The van der Waals surface area contributed by atoms with Crippen molar-refractivity contribution < 1.29 is 13.2 Å². The van der Waals surface area contributed by atoms with Gasteiger partial charge in [0, 0.05) is 12.3 Å². The topological polar surface area (TPSA) is 102 Å². The van der Waals surface area contributed by atoms with Gasteiger partial charge in [0.2, 0.25) is 5.91 Å². The summed E-state index contributed by atoms with van der Waals surface area (Å²) < 4.78 is 22.7. The van der Waals surface area contributed by atoms with Gasteiger partial charge in [-0.05, 0) is 43.2 Å². The van der Waals surface area contributed by atoms with Crippen molar-refractivity contribution in [3.05, 3.63) is 18.3 Å². The van der Waals surface area contributed by atoms with Gasteiger partial charge in [0.1, 0.15) is 0 Å². The number of pyridine rings is 1. The Hall–Kier alpha value is -0.890. The monoisotopic (exact) mass is 381 g/mol. The fourth-order valence-corrected chi connectivity index (χ4v) is 4.18. The van der Waals surface area contributed by atoms with Crippen molar-refractivity contribution in [2.24, 2.45) is 23.5 Å². The number of amides is 1. The molecule has 4 unspecified atom stereocenters. The Kier molecular flexibility index (Phi) is 6.43. The van der Waals surface area contributed by atoms with Crippen LogP contribution in [0.4, 0.5) is 5.69 Å². The van der Waals surface area contributed by atoms with Crippen molar-refractivity contribution in [3.8, 4) is 0 Å². The third-order valence-electron chi connectivity index (χ3n) is 4.67. The van der Waals surface area contributed by atoms with Gasteiger partial charge in [-0.2, -0.15) is 0 Å². The summed E-state index contributed by atoms with van der Waals surface area (Å²) in [6.07, 6.45) is 5.71. The van der Waals surface area contributed by atoms with Gasteiger partial charge in [0.05, 0.1) is 17.8 Å². The highest BCUT2D eigenvalue weighted by Gasteiger charge is 2.49. The number of carbonyl (C=O) groups excluding carboxylic acids is 1. The van der Waals surface area contributed by atoms with Crippen molar-refractivity contribution in [1.29, 1.82) is 0 Å². The summed E-state index contributed by atoms with van der Waals surface area (Å²) in [6, 6.07) is 2.89. The molecule has 2 aliphatic rings. The Morgan fingerprint density at radius 2 is 1.91 bits per heavy atom. The molecule has 0 saturated heterocycles. The summed E-state index contributed by atoms with van der Waals surface area (Å²) in [6.45, 7) is 0. The summed E-state index contributed by atoms with van der Waals surface area (Å²) in [4.78, 5) is 16.2. The van der Waals surface area contributed by atoms with Gasteiger partial charge >= 0.3 is 0 Å². The van der Waals surface area contributed by atoms with Crippen molar-refractivity contribution in [2.75, 3.05) is 11.6 Å². The molecule has 9 heteroatoms. The smallest absolute Gasteiger partial charge is 0.229 e. The molecule has 6 nitrogen and oxygen atoms in total. The standard InChI is InChI=1S/C14H19N3O3S.2ClH/c1-21(19,20)11-5-4-10(7-16-11)17-14(18)12-8-2-3-9(6-8)13(12)15;;/h4-5,7-9,12-13H,2-3,6,15H2,1H3,(H,17,18);2*1H. The van der Waals surface area contributed by atoms with Crippen LogP contribution in [-0.4, -0.2) is 31.6 Å². The summed E-state index contributed by atoms with van der Waals surface area (Å²) in [5, 5.41) is 2.80. The highest BCUT2D eigenvalue weighted by molar-refractivity contribution is 7.90. The third kappa shape index (κ3) is 3.96. The lowest BCUT2D eigenvalue weighted by molar-refractivity contribution is -0.121. The van der Waals surface area contributed by atoms with E-state index in [0.29, 0.717) is 17.5 Å². The number of nitrogens with two attached hydrogens (primary N) is 1. The molecule has 0 spiro atoms. The molecule has 1 aromatic rings. The molecule has 2 fully saturated rings. The zero-order chi connectivity index (χ0) is 15.2. The molecule has 2 aliphatic carbocycles. The Morgan fingerprint density at radius 3 is 2.39 bits per heavy atom. The maximum absolute atomic E-state index is 12.4. The van der Waals surface area contributed by atoms with E-state index in [2.05, 4.69) is 10.3 Å². The van der Waals surface area contributed by atoms with Crippen molar-refractivity contribution in [3.63, 3.8) is 0 Å². The fourth-order valence-electron chi connectivity index (χ4n) is 3.62. The number of nitrogens with zero attached hydrogens (tertiary/aromatic N) is 1. The van der Waals surface area contributed by atoms with E-state index in [0.717, 1.165) is 25.5 Å². The summed E-state index contributed by atoms with van der Waals surface area (Å²) in [7, 11) is -3.32. The summed E-state index contributed by atoms with van der Waals surface area (Å²) in [5.41, 5.74) is 6.65. The minimum Gasteiger partial charge on any atom is -0.327 e. The van der Waals surface area contributed by atoms with E-state index in [1.165, 1.54) is 12.3 Å². The quantitative estimate of drug-likeness (QED) is 0.828. The molecule has 23 heavy (non-hydrogen) atoms. The van der Waals surface area contributed by atoms with Gasteiger partial charge in [0.15, 0.2) is 14.9 Å². The molecular formula is C14H21Cl2N3O3S. The molecule has 0 aliphatic heterocycles. The summed E-state index contributed by atoms with van der Waals surface area (Å²) >= 11 is 0. The third-order valence-corrected chi connectivity index (χ3v) is 5.67. The van der Waals surface area contributed by atoms with Crippen LogP contribution in [0.1, 0.15) is 19.3 Å². The van der Waals surface area contributed by atoms with E-state index in [-0.39, 0.29) is 47.7 Å². The van der Waals surface area contributed by atoms with E-state index in [1.807, 2.05) is 0 Å². The molecule has 2 saturated carbocycles. The number of halogens is 2. The predicted octanol–water partition coefficient (Wildman–Crippen LogP) is 1.64. The fraction of sp³-hybridized carbons (Fsp3) is 0.571. The van der Waals surface area contributed by atoms with Crippen LogP contribution in [0.3, 0.4) is 0 Å². The number of hydrogen-bond acceptors (Lipinski definition) is 5. The number of carbonyl (C=O) groups is 1. The van der Waals surface area contributed by atoms with E-state index in [1.54, 1.807) is 6.07 Å². The number of nitrogens with one attached hydrogen (secondary N) is 1. The second kappa shape index (κ2) is 7.34. The van der Waals surface area contributed by atoms with E-state index < -0.39 is 9.84 Å². The number of anilines is 1. The zero-order valence-electron chi connectivity index (χ0n) is 12.6. The first-order chi connectivity index (χ1) is 9.86. The van der Waals surface area contributed by atoms with Gasteiger partial charge in [-0.25, -0.2) is 13.4 Å². The zero-order valence-corrected chi connectivity index (χ0v) is 15.1. The van der Waals surface area contributed by atoms with Crippen molar-refractivity contribution >= 4 is 46.2 Å². The van der Waals surface area contributed by atoms with Crippen LogP contribution in [0.5, 0.6) is 0 Å². The molecule has 1 amide bonds. The highest BCUT2D eigenvalue weighted by atomic mass is 35.5. The lowest BCUT2D eigenvalue weighted by atomic mass is 9.84. The number of hydrogen-bond donors (Lipinski definition) is 2. The van der Waals surface area contributed by atoms with Gasteiger partial charge in [0.25, 0.3) is 0 Å². The Balaban J connectivity index is 0.00000132. The molecule has 4 atom stereocenters. The lowest BCUT2D eigenvalue weighted by Crippen LogP contribution is -2.42. The molecule has 1 aromatic heterocycles. The van der Waals surface area contributed by atoms with Gasteiger partial charge in [-0.15, -0.1) is 24.8 Å². The first-order valence-electron chi connectivity index (χ1n) is 7.09. The van der Waals surface area contributed by atoms with E-state index in [9.17, 15) is 13.2 Å². The van der Waals surface area contributed by atoms with Gasteiger partial charge in [-0.3, -0.25) is 4.79 Å². The molecule has 2 bridgehead atoms. The predicted molar refractivity (Wildman–Crippen MR) is 92.8 cm³/mol. The number of fused-ring (bicyclic) bond motifs is 2. The van der Waals surface area contributed by atoms with Crippen LogP contribution in [-0.2, 0) is 14.6 Å². The van der Waals surface area contributed by atoms with Crippen molar-refractivity contribution in [1.82, 2.24) is 4.98 Å². The molecule has 130 valence electrons. The summed E-state index contributed by atoms with van der Waals surface area (Å²) in [5.74, 6) is 0.631. The Morgan fingerprint density at radius 1 is 1.26 bits per heavy atom. The van der Waals surface area contributed by atoms with Gasteiger partial charge in [-0.1, -0.05) is 0 Å². The lowest BCUT2D eigenvalue weighted by Gasteiger charge is -2.26. The second-order valence-corrected chi connectivity index (χ2v) is 8.05. The van der Waals surface area contributed by atoms with E-state index in [4.69, 9.17) is 5.73 Å². The molecule has 1 heterocycles. The Labute approximate surface area is 148 Å². The van der Waals surface area contributed by atoms with Crippen LogP contribution >= 0.6 is 24.8 Å². The normalized spacial score (nSPS) is 28.6. The first kappa shape index (κ1) is 20.2. The van der Waals surface area contributed by atoms with Crippen LogP contribution in [0, 0.1) is 17.8 Å². The van der Waals surface area contributed by atoms with Crippen LogP contribution in [0.15, 0.2) is 23.4 Å². The van der Waals surface area contributed by atoms with Crippen molar-refractivity contribution in [2.45, 2.75) is 30.3 Å². The van der Waals surface area contributed by atoms with Crippen LogP contribution in [0.25, 0.3) is 0 Å². The average Bonchev–Trinajstić information content (AvgIpc) is 2.98. The first-order valence-corrected chi connectivity index (χ1v) is 8.98. The SMILES string of the molecule is CS(=O)(=O)c1ccc(NC(=O)C2C3CCC(C3)C2N)cn1.Cl.Cl. The van der Waals surface area contributed by atoms with E-state index >= 15 is 0 Å². The molecule has 3 rings (SSSR count). The molecule has 0 aromatic carbocycles. The average molecular weight is 382 g/mol. The minimum atomic E-state index is -3.32. The van der Waals surface area contributed by atoms with Crippen LogP contribution < -0.4 is 11.1 Å². The minimum absolute atomic E-state index is 0.